The highest BCUT2D eigenvalue weighted by Gasteiger charge is 2.09. The molecule has 0 aliphatic carbocycles. The van der Waals surface area contributed by atoms with E-state index in [9.17, 15) is 4.79 Å². The van der Waals surface area contributed by atoms with Gasteiger partial charge < -0.3 is 10.2 Å². The first-order valence-corrected chi connectivity index (χ1v) is 10.4. The summed E-state index contributed by atoms with van der Waals surface area (Å²) in [6.45, 7) is 5.00. The van der Waals surface area contributed by atoms with E-state index in [2.05, 4.69) is 77.8 Å². The molecule has 4 nitrogen and oxygen atoms in total. The first kappa shape index (κ1) is 22.4. The number of rotatable bonds is 14. The molecule has 0 heterocycles. The Hall–Kier alpha value is -0.690. The summed E-state index contributed by atoms with van der Waals surface area (Å²) in [6.07, 6.45) is 3.48. The molecule has 0 fully saturated rings. The van der Waals surface area contributed by atoms with E-state index in [-0.39, 0.29) is 5.91 Å². The molecule has 0 saturated heterocycles. The van der Waals surface area contributed by atoms with Crippen molar-refractivity contribution < 1.29 is 4.79 Å². The topological polar surface area (TPSA) is 35.6 Å². The van der Waals surface area contributed by atoms with Crippen molar-refractivity contribution in [3.05, 3.63) is 35.9 Å². The van der Waals surface area contributed by atoms with Crippen molar-refractivity contribution in [1.82, 2.24) is 15.1 Å². The number of hydrogen-bond donors (Lipinski definition) is 3. The summed E-state index contributed by atoms with van der Waals surface area (Å²) in [5, 5.41) is 2.87. The Balaban J connectivity index is 2.15. The molecule has 1 aromatic carbocycles. The Labute approximate surface area is 164 Å². The molecule has 1 rings (SSSR count). The third-order valence-electron chi connectivity index (χ3n) is 4.03. The standard InChI is InChI=1S/C19H33N3OS2/c1-21(16-18-8-4-2-5-9-18)11-6-3-7-12-22(13-15-25)17-19(23)20-10-14-24/h2,4-5,8-9,24-25H,3,6-7,10-17H2,1H3,(H,20,23). The van der Waals surface area contributed by atoms with Crippen molar-refractivity contribution in [2.24, 2.45) is 0 Å². The molecule has 0 aliphatic rings. The van der Waals surface area contributed by atoms with E-state index in [0.29, 0.717) is 18.8 Å². The highest BCUT2D eigenvalue weighted by atomic mass is 32.1. The second-order valence-electron chi connectivity index (χ2n) is 6.36. The van der Waals surface area contributed by atoms with Crippen molar-refractivity contribution in [1.29, 1.82) is 0 Å². The predicted molar refractivity (Wildman–Crippen MR) is 114 cm³/mol. The maximum absolute atomic E-state index is 11.8. The summed E-state index contributed by atoms with van der Waals surface area (Å²) in [5.74, 6) is 1.53. The highest BCUT2D eigenvalue weighted by molar-refractivity contribution is 7.80. The van der Waals surface area contributed by atoms with Gasteiger partial charge in [0.1, 0.15) is 0 Å². The van der Waals surface area contributed by atoms with Crippen LogP contribution >= 0.6 is 25.3 Å². The van der Waals surface area contributed by atoms with Crippen LogP contribution in [0.2, 0.25) is 0 Å². The van der Waals surface area contributed by atoms with E-state index in [1.807, 2.05) is 0 Å². The lowest BCUT2D eigenvalue weighted by Crippen LogP contribution is -2.39. The lowest BCUT2D eigenvalue weighted by Gasteiger charge is -2.21. The number of nitrogens with zero attached hydrogens (tertiary/aromatic N) is 2. The van der Waals surface area contributed by atoms with Gasteiger partial charge in [0.25, 0.3) is 0 Å². The Morgan fingerprint density at radius 2 is 1.72 bits per heavy atom. The summed E-state index contributed by atoms with van der Waals surface area (Å²) >= 11 is 8.41. The maximum Gasteiger partial charge on any atom is 0.234 e. The van der Waals surface area contributed by atoms with Gasteiger partial charge in [-0.2, -0.15) is 25.3 Å². The largest absolute Gasteiger partial charge is 0.354 e. The monoisotopic (exact) mass is 383 g/mol. The van der Waals surface area contributed by atoms with E-state index in [1.54, 1.807) is 0 Å². The summed E-state index contributed by atoms with van der Waals surface area (Å²) < 4.78 is 0. The molecular weight excluding hydrogens is 350 g/mol. The fourth-order valence-corrected chi connectivity index (χ4v) is 3.13. The van der Waals surface area contributed by atoms with Gasteiger partial charge in [0.2, 0.25) is 5.91 Å². The molecule has 0 unspecified atom stereocenters. The van der Waals surface area contributed by atoms with E-state index >= 15 is 0 Å². The quantitative estimate of drug-likeness (QED) is 0.341. The highest BCUT2D eigenvalue weighted by Crippen LogP contribution is 2.05. The molecule has 0 atom stereocenters. The predicted octanol–water partition coefficient (Wildman–Crippen LogP) is 2.57. The van der Waals surface area contributed by atoms with Crippen LogP contribution < -0.4 is 5.32 Å². The van der Waals surface area contributed by atoms with Crippen LogP contribution in [0, 0.1) is 0 Å². The fourth-order valence-electron chi connectivity index (χ4n) is 2.73. The Bertz CT molecular complexity index is 459. The van der Waals surface area contributed by atoms with Crippen molar-refractivity contribution >= 4 is 31.2 Å². The lowest BCUT2D eigenvalue weighted by molar-refractivity contribution is -0.122. The van der Waals surface area contributed by atoms with Crippen LogP contribution in [0.3, 0.4) is 0 Å². The lowest BCUT2D eigenvalue weighted by atomic mass is 10.2. The van der Waals surface area contributed by atoms with Gasteiger partial charge in [-0.15, -0.1) is 0 Å². The summed E-state index contributed by atoms with van der Waals surface area (Å²) in [5.41, 5.74) is 1.36. The van der Waals surface area contributed by atoms with Crippen molar-refractivity contribution in [2.75, 3.05) is 51.3 Å². The van der Waals surface area contributed by atoms with E-state index < -0.39 is 0 Å². The number of carbonyl (C=O) groups is 1. The van der Waals surface area contributed by atoms with Gasteiger partial charge >= 0.3 is 0 Å². The van der Waals surface area contributed by atoms with Gasteiger partial charge in [0.05, 0.1) is 6.54 Å². The van der Waals surface area contributed by atoms with Crippen molar-refractivity contribution in [3.8, 4) is 0 Å². The number of amides is 1. The van der Waals surface area contributed by atoms with Crippen LogP contribution in [0.15, 0.2) is 30.3 Å². The molecule has 0 aromatic heterocycles. The number of carbonyl (C=O) groups excluding carboxylic acids is 1. The Morgan fingerprint density at radius 1 is 1.00 bits per heavy atom. The summed E-state index contributed by atoms with van der Waals surface area (Å²) in [6, 6.07) is 10.6. The molecule has 0 aliphatic heterocycles. The SMILES string of the molecule is CN(CCCCCN(CCS)CC(=O)NCCS)Cc1ccccc1. The van der Waals surface area contributed by atoms with Gasteiger partial charge in [-0.3, -0.25) is 9.69 Å². The van der Waals surface area contributed by atoms with E-state index in [4.69, 9.17) is 0 Å². The third-order valence-corrected chi connectivity index (χ3v) is 4.45. The molecule has 6 heteroatoms. The minimum absolute atomic E-state index is 0.0819. The third kappa shape index (κ3) is 11.5. The second kappa shape index (κ2) is 14.5. The molecule has 0 bridgehead atoms. The Morgan fingerprint density at radius 3 is 2.40 bits per heavy atom. The smallest absolute Gasteiger partial charge is 0.234 e. The minimum atomic E-state index is 0.0819. The molecule has 0 spiro atoms. The molecule has 142 valence electrons. The maximum atomic E-state index is 11.8. The molecule has 0 saturated carbocycles. The van der Waals surface area contributed by atoms with E-state index in [1.165, 1.54) is 18.4 Å². The van der Waals surface area contributed by atoms with Gasteiger partial charge in [0, 0.05) is 31.1 Å². The summed E-state index contributed by atoms with van der Waals surface area (Å²) in [7, 11) is 2.17. The van der Waals surface area contributed by atoms with Crippen LogP contribution in [0.25, 0.3) is 0 Å². The van der Waals surface area contributed by atoms with Crippen LogP contribution in [0.4, 0.5) is 0 Å². The molecule has 1 N–H and O–H groups in total. The van der Waals surface area contributed by atoms with Gasteiger partial charge in [-0.05, 0) is 38.5 Å². The van der Waals surface area contributed by atoms with Crippen molar-refractivity contribution in [3.63, 3.8) is 0 Å². The first-order valence-electron chi connectivity index (χ1n) is 9.09. The van der Waals surface area contributed by atoms with Crippen LogP contribution in [0.5, 0.6) is 0 Å². The molecule has 25 heavy (non-hydrogen) atoms. The van der Waals surface area contributed by atoms with Crippen LogP contribution in [-0.2, 0) is 11.3 Å². The zero-order chi connectivity index (χ0) is 18.3. The number of thiol groups is 2. The number of hydrogen-bond acceptors (Lipinski definition) is 5. The van der Waals surface area contributed by atoms with Gasteiger partial charge in [-0.25, -0.2) is 0 Å². The normalized spacial score (nSPS) is 11.2. The molecule has 1 aromatic rings. The Kier molecular flexibility index (Phi) is 12.9. The molecule has 0 radical (unpaired) electrons. The number of unbranched alkanes of at least 4 members (excludes halogenated alkanes) is 2. The van der Waals surface area contributed by atoms with Gasteiger partial charge in [-0.1, -0.05) is 36.8 Å². The fraction of sp³-hybridized carbons (Fsp3) is 0.632. The second-order valence-corrected chi connectivity index (χ2v) is 7.25. The van der Waals surface area contributed by atoms with Crippen LogP contribution in [-0.4, -0.2) is 67.0 Å². The zero-order valence-corrected chi connectivity index (χ0v) is 17.2. The van der Waals surface area contributed by atoms with Crippen molar-refractivity contribution in [2.45, 2.75) is 25.8 Å². The molecule has 1 amide bonds. The average molecular weight is 384 g/mol. The minimum Gasteiger partial charge on any atom is -0.354 e. The summed E-state index contributed by atoms with van der Waals surface area (Å²) in [4.78, 5) is 16.4. The van der Waals surface area contributed by atoms with Crippen LogP contribution in [0.1, 0.15) is 24.8 Å². The van der Waals surface area contributed by atoms with E-state index in [0.717, 1.165) is 38.4 Å². The number of nitrogens with one attached hydrogen (secondary N) is 1. The van der Waals surface area contributed by atoms with Gasteiger partial charge in [0.15, 0.2) is 0 Å². The molecular formula is C19H33N3OS2. The number of benzene rings is 1. The average Bonchev–Trinajstić information content (AvgIpc) is 2.60. The zero-order valence-electron chi connectivity index (χ0n) is 15.4. The first-order chi connectivity index (χ1) is 12.2.